The van der Waals surface area contributed by atoms with Gasteiger partial charge in [0.15, 0.2) is 0 Å². The van der Waals surface area contributed by atoms with E-state index in [1.54, 1.807) is 18.2 Å². The number of hydrogen-bond donors (Lipinski definition) is 1. The van der Waals surface area contributed by atoms with Crippen LogP contribution in [0.2, 0.25) is 0 Å². The normalized spacial score (nSPS) is 30.0. The molecule has 23 heavy (non-hydrogen) atoms. The summed E-state index contributed by atoms with van der Waals surface area (Å²) < 4.78 is 13.4. The molecular formula is C20H22FNO. The van der Waals surface area contributed by atoms with Crippen LogP contribution in [0.4, 0.5) is 4.39 Å². The first-order chi connectivity index (χ1) is 11.0. The van der Waals surface area contributed by atoms with Crippen LogP contribution in [0.1, 0.15) is 30.0 Å². The zero-order valence-electron chi connectivity index (χ0n) is 13.6. The molecule has 1 aliphatic carbocycles. The molecule has 120 valence electrons. The van der Waals surface area contributed by atoms with Gasteiger partial charge >= 0.3 is 0 Å². The van der Waals surface area contributed by atoms with Gasteiger partial charge in [-0.1, -0.05) is 25.1 Å². The summed E-state index contributed by atoms with van der Waals surface area (Å²) in [6.45, 7) is 3.32. The van der Waals surface area contributed by atoms with E-state index in [9.17, 15) is 9.50 Å². The van der Waals surface area contributed by atoms with Crippen molar-refractivity contribution >= 4 is 0 Å². The number of benzene rings is 2. The number of aromatic hydroxyl groups is 1. The summed E-state index contributed by atoms with van der Waals surface area (Å²) in [5.74, 6) is 0.532. The molecule has 2 aromatic carbocycles. The second-order valence-corrected chi connectivity index (χ2v) is 7.11. The highest BCUT2D eigenvalue weighted by Crippen LogP contribution is 2.52. The van der Waals surface area contributed by atoms with Gasteiger partial charge in [-0.3, -0.25) is 0 Å². The maximum absolute atomic E-state index is 13.4. The summed E-state index contributed by atoms with van der Waals surface area (Å²) in [7, 11) is 2.20. The number of phenolic OH excluding ortho intramolecular Hbond substituents is 1. The Hall–Kier alpha value is -1.87. The predicted molar refractivity (Wildman–Crippen MR) is 89.2 cm³/mol. The van der Waals surface area contributed by atoms with Gasteiger partial charge in [0, 0.05) is 11.5 Å². The van der Waals surface area contributed by atoms with Gasteiger partial charge < -0.3 is 10.0 Å². The first-order valence-electron chi connectivity index (χ1n) is 8.31. The van der Waals surface area contributed by atoms with Crippen LogP contribution in [0.3, 0.4) is 0 Å². The molecule has 1 N–H and O–H groups in total. The van der Waals surface area contributed by atoms with Crippen molar-refractivity contribution in [1.82, 2.24) is 4.90 Å². The topological polar surface area (TPSA) is 23.5 Å². The molecule has 3 atom stereocenters. The van der Waals surface area contributed by atoms with Crippen molar-refractivity contribution in [2.24, 2.45) is 5.92 Å². The lowest BCUT2D eigenvalue weighted by Gasteiger charge is -2.55. The molecule has 1 fully saturated rings. The SMILES string of the molecule is CC1[C@@H]2Cc3ccc(O)cc3[C@@]1(c1ccc(F)cc1)CCN2C. The van der Waals surface area contributed by atoms with E-state index in [2.05, 4.69) is 24.9 Å². The van der Waals surface area contributed by atoms with Crippen LogP contribution in [0.25, 0.3) is 0 Å². The van der Waals surface area contributed by atoms with Crippen molar-refractivity contribution in [3.63, 3.8) is 0 Å². The van der Waals surface area contributed by atoms with Gasteiger partial charge in [0.05, 0.1) is 0 Å². The number of phenols is 1. The van der Waals surface area contributed by atoms with Gasteiger partial charge in [0.2, 0.25) is 0 Å². The zero-order chi connectivity index (χ0) is 16.2. The Balaban J connectivity index is 1.98. The smallest absolute Gasteiger partial charge is 0.123 e. The molecule has 4 rings (SSSR count). The third kappa shape index (κ3) is 2.03. The second kappa shape index (κ2) is 5.07. The van der Waals surface area contributed by atoms with Gasteiger partial charge in [0.1, 0.15) is 11.6 Å². The van der Waals surface area contributed by atoms with Crippen LogP contribution in [-0.2, 0) is 11.8 Å². The van der Waals surface area contributed by atoms with Crippen molar-refractivity contribution in [3.05, 3.63) is 65.0 Å². The fourth-order valence-corrected chi connectivity index (χ4v) is 4.86. The molecule has 0 saturated carbocycles. The minimum atomic E-state index is -0.200. The van der Waals surface area contributed by atoms with Gasteiger partial charge in [-0.15, -0.1) is 0 Å². The molecular weight excluding hydrogens is 289 g/mol. The van der Waals surface area contributed by atoms with Crippen molar-refractivity contribution in [2.75, 3.05) is 13.6 Å². The van der Waals surface area contributed by atoms with E-state index < -0.39 is 0 Å². The lowest BCUT2D eigenvalue weighted by molar-refractivity contribution is 0.0613. The lowest BCUT2D eigenvalue weighted by atomic mass is 9.55. The van der Waals surface area contributed by atoms with Crippen molar-refractivity contribution < 1.29 is 9.50 Å². The molecule has 1 aliphatic heterocycles. The molecule has 1 unspecified atom stereocenters. The predicted octanol–water partition coefficient (Wildman–Crippen LogP) is 3.71. The van der Waals surface area contributed by atoms with E-state index >= 15 is 0 Å². The van der Waals surface area contributed by atoms with Gasteiger partial charge in [-0.05, 0) is 73.3 Å². The second-order valence-electron chi connectivity index (χ2n) is 7.11. The number of halogens is 1. The van der Waals surface area contributed by atoms with Crippen LogP contribution in [0, 0.1) is 11.7 Å². The molecule has 2 aliphatic rings. The highest BCUT2D eigenvalue weighted by Gasteiger charge is 2.51. The average Bonchev–Trinajstić information content (AvgIpc) is 2.53. The maximum Gasteiger partial charge on any atom is 0.123 e. The van der Waals surface area contributed by atoms with E-state index in [0.29, 0.717) is 17.7 Å². The fraction of sp³-hybridized carbons (Fsp3) is 0.400. The summed E-state index contributed by atoms with van der Waals surface area (Å²) in [5, 5.41) is 10.1. The lowest BCUT2D eigenvalue weighted by Crippen LogP contribution is -2.58. The van der Waals surface area contributed by atoms with E-state index in [-0.39, 0.29) is 11.2 Å². The number of fused-ring (bicyclic) bond motifs is 4. The monoisotopic (exact) mass is 311 g/mol. The molecule has 0 radical (unpaired) electrons. The Morgan fingerprint density at radius 2 is 1.91 bits per heavy atom. The summed E-state index contributed by atoms with van der Waals surface area (Å²) in [6.07, 6.45) is 2.00. The van der Waals surface area contributed by atoms with Crippen LogP contribution < -0.4 is 0 Å². The van der Waals surface area contributed by atoms with Gasteiger partial charge in [-0.25, -0.2) is 4.39 Å². The zero-order valence-corrected chi connectivity index (χ0v) is 13.6. The summed E-state index contributed by atoms with van der Waals surface area (Å²) in [5.41, 5.74) is 3.55. The Kier molecular flexibility index (Phi) is 3.24. The molecule has 2 nitrogen and oxygen atoms in total. The largest absolute Gasteiger partial charge is 0.508 e. The summed E-state index contributed by atoms with van der Waals surface area (Å²) in [6, 6.07) is 13.2. The Bertz CT molecular complexity index is 742. The number of rotatable bonds is 1. The number of piperidine rings is 1. The number of hydrogen-bond acceptors (Lipinski definition) is 2. The average molecular weight is 311 g/mol. The van der Waals surface area contributed by atoms with Gasteiger partial charge in [0.25, 0.3) is 0 Å². The highest BCUT2D eigenvalue weighted by molar-refractivity contribution is 5.51. The van der Waals surface area contributed by atoms with Crippen molar-refractivity contribution in [1.29, 1.82) is 0 Å². The van der Waals surface area contributed by atoms with Crippen molar-refractivity contribution in [3.8, 4) is 5.75 Å². The minimum absolute atomic E-state index is 0.142. The van der Waals surface area contributed by atoms with E-state index in [1.165, 1.54) is 11.1 Å². The molecule has 0 spiro atoms. The minimum Gasteiger partial charge on any atom is -0.508 e. The Labute approximate surface area is 136 Å². The van der Waals surface area contributed by atoms with E-state index in [1.807, 2.05) is 18.2 Å². The first-order valence-corrected chi connectivity index (χ1v) is 8.31. The Morgan fingerprint density at radius 3 is 2.65 bits per heavy atom. The maximum atomic E-state index is 13.4. The fourth-order valence-electron chi connectivity index (χ4n) is 4.86. The Morgan fingerprint density at radius 1 is 1.17 bits per heavy atom. The molecule has 2 aromatic rings. The van der Waals surface area contributed by atoms with Crippen LogP contribution in [0.5, 0.6) is 5.75 Å². The van der Waals surface area contributed by atoms with Crippen LogP contribution >= 0.6 is 0 Å². The highest BCUT2D eigenvalue weighted by atomic mass is 19.1. The van der Waals surface area contributed by atoms with Crippen LogP contribution in [0.15, 0.2) is 42.5 Å². The summed E-state index contributed by atoms with van der Waals surface area (Å²) in [4.78, 5) is 2.45. The number of likely N-dealkylation sites (tertiary alicyclic amines) is 1. The third-order valence-electron chi connectivity index (χ3n) is 6.14. The van der Waals surface area contributed by atoms with Crippen molar-refractivity contribution in [2.45, 2.75) is 31.2 Å². The van der Waals surface area contributed by atoms with E-state index in [4.69, 9.17) is 0 Å². The van der Waals surface area contributed by atoms with Gasteiger partial charge in [-0.2, -0.15) is 0 Å². The molecule has 1 saturated heterocycles. The molecule has 2 bridgehead atoms. The van der Waals surface area contributed by atoms with Crippen LogP contribution in [-0.4, -0.2) is 29.6 Å². The number of likely N-dealkylation sites (N-methyl/N-ethyl adjacent to an activating group) is 1. The van der Waals surface area contributed by atoms with E-state index in [0.717, 1.165) is 24.9 Å². The standard InChI is InChI=1S/C20H22FNO/c1-13-19-11-14-3-8-17(23)12-18(14)20(13,9-10-22(19)2)15-4-6-16(21)7-5-15/h3-8,12-13,19,23H,9-11H2,1-2H3/t13?,19-,20-/m0/s1. The molecule has 1 heterocycles. The quantitative estimate of drug-likeness (QED) is 0.868. The third-order valence-corrected chi connectivity index (χ3v) is 6.14. The molecule has 0 aromatic heterocycles. The number of nitrogens with zero attached hydrogens (tertiary/aromatic N) is 1. The molecule has 3 heteroatoms. The first kappa shape index (κ1) is 14.7. The summed E-state index contributed by atoms with van der Waals surface area (Å²) >= 11 is 0. The molecule has 0 amide bonds.